The summed E-state index contributed by atoms with van der Waals surface area (Å²) in [5, 5.41) is 0. The van der Waals surface area contributed by atoms with E-state index >= 15 is 0 Å². The second-order valence-corrected chi connectivity index (χ2v) is 8.12. The van der Waals surface area contributed by atoms with Crippen molar-refractivity contribution in [1.29, 1.82) is 0 Å². The van der Waals surface area contributed by atoms with Crippen LogP contribution in [0.2, 0.25) is 0 Å². The lowest BCUT2D eigenvalue weighted by molar-refractivity contribution is -0.140. The minimum atomic E-state index is -0.427. The molecule has 10 heavy (non-hydrogen) atoms. The van der Waals surface area contributed by atoms with Crippen LogP contribution in [0.5, 0.6) is 0 Å². The fraction of sp³-hybridized carbons (Fsp3) is 0.750. The van der Waals surface area contributed by atoms with E-state index in [0.29, 0.717) is 14.4 Å². The van der Waals surface area contributed by atoms with E-state index in [2.05, 4.69) is 13.7 Å². The number of methoxy groups -OCH3 is 1. The fourth-order valence-electron chi connectivity index (χ4n) is 0.378. The molecule has 0 radical (unpaired) electrons. The molecule has 0 rings (SSSR count). The summed E-state index contributed by atoms with van der Waals surface area (Å²) in [4.78, 5) is 10.6. The molecule has 0 aromatic rings. The van der Waals surface area contributed by atoms with Gasteiger partial charge in [-0.3, -0.25) is 4.79 Å². The van der Waals surface area contributed by atoms with Gasteiger partial charge < -0.3 is 10.2 Å². The molecule has 0 fully saturated rings. The molecule has 0 aliphatic rings. The maximum Gasteiger partial charge on any atom is 0.305 e. The molecule has 0 amide bonds. The highest BCUT2D eigenvalue weighted by Gasteiger charge is 2.03. The normalized spacial score (nSPS) is 13.9. The lowest BCUT2D eigenvalue weighted by Crippen LogP contribution is -2.02. The molecule has 0 saturated heterocycles. The summed E-state index contributed by atoms with van der Waals surface area (Å²) in [6, 6.07) is 0. The van der Waals surface area contributed by atoms with E-state index in [9.17, 15) is 4.79 Å². The van der Waals surface area contributed by atoms with Crippen LogP contribution in [0.3, 0.4) is 0 Å². The van der Waals surface area contributed by atoms with Gasteiger partial charge in [-0.15, -0.1) is 8.93 Å². The van der Waals surface area contributed by atoms with Gasteiger partial charge in [0.1, 0.15) is 0 Å². The molecule has 0 bridgehead atoms. The molecular weight excluding hydrogens is 187 g/mol. The summed E-state index contributed by atoms with van der Waals surface area (Å²) in [6.07, 6.45) is 1.24. The number of esters is 1. The summed E-state index contributed by atoms with van der Waals surface area (Å²) < 4.78 is 4.46. The standard InChI is InChI=1S/C4H12NO2P3/c1-7-4(6)2-3-10(5)9-8/h9H,2-3,5,8H2,1H3. The highest BCUT2D eigenvalue weighted by atomic mass is 32.4. The van der Waals surface area contributed by atoms with Gasteiger partial charge in [0.25, 0.3) is 0 Å². The molecule has 0 heterocycles. The molecule has 60 valence electrons. The van der Waals surface area contributed by atoms with Crippen LogP contribution in [0.1, 0.15) is 6.42 Å². The van der Waals surface area contributed by atoms with Gasteiger partial charge in [0.05, 0.1) is 13.5 Å². The van der Waals surface area contributed by atoms with Crippen molar-refractivity contribution >= 4 is 30.6 Å². The summed E-state index contributed by atoms with van der Waals surface area (Å²) >= 11 is 0. The number of hydrogen-bond donors (Lipinski definition) is 1. The molecule has 0 aromatic carbocycles. The molecule has 3 atom stereocenters. The van der Waals surface area contributed by atoms with Crippen molar-refractivity contribution < 1.29 is 9.53 Å². The minimum absolute atomic E-state index is 0.166. The van der Waals surface area contributed by atoms with Crippen molar-refractivity contribution in [2.75, 3.05) is 13.3 Å². The zero-order valence-electron chi connectivity index (χ0n) is 5.83. The quantitative estimate of drug-likeness (QED) is 0.548. The Balaban J connectivity index is 3.26. The maximum atomic E-state index is 10.6. The monoisotopic (exact) mass is 199 g/mol. The minimum Gasteiger partial charge on any atom is -0.469 e. The number of nitrogens with two attached hydrogens (primary N) is 1. The second kappa shape index (κ2) is 6.43. The van der Waals surface area contributed by atoms with E-state index in [1.165, 1.54) is 7.11 Å². The van der Waals surface area contributed by atoms with E-state index < -0.39 is 7.76 Å². The van der Waals surface area contributed by atoms with E-state index in [0.717, 1.165) is 6.16 Å². The van der Waals surface area contributed by atoms with Gasteiger partial charge in [-0.2, -0.15) is 0 Å². The number of carbonyl (C=O) groups is 1. The van der Waals surface area contributed by atoms with Gasteiger partial charge in [0, 0.05) is 0 Å². The Morgan fingerprint density at radius 3 is 2.90 bits per heavy atom. The van der Waals surface area contributed by atoms with E-state index in [-0.39, 0.29) is 5.97 Å². The lowest BCUT2D eigenvalue weighted by Gasteiger charge is -2.05. The SMILES string of the molecule is COC(=O)CCP(N)PP. The van der Waals surface area contributed by atoms with Crippen molar-refractivity contribution in [2.24, 2.45) is 5.50 Å². The molecule has 3 nitrogen and oxygen atoms in total. The predicted octanol–water partition coefficient (Wildman–Crippen LogP) is 1.29. The summed E-state index contributed by atoms with van der Waals surface area (Å²) in [5.74, 6) is -0.166. The first-order chi connectivity index (χ1) is 4.70. The molecule has 3 unspecified atom stereocenters. The van der Waals surface area contributed by atoms with Crippen LogP contribution in [0, 0.1) is 0 Å². The highest BCUT2D eigenvalue weighted by molar-refractivity contribution is 8.44. The third-order valence-electron chi connectivity index (χ3n) is 0.950. The number of ether oxygens (including phenoxy) is 1. The third kappa shape index (κ3) is 5.50. The Morgan fingerprint density at radius 1 is 1.90 bits per heavy atom. The highest BCUT2D eigenvalue weighted by Crippen LogP contribution is 2.53. The third-order valence-corrected chi connectivity index (χ3v) is 6.64. The summed E-state index contributed by atoms with van der Waals surface area (Å²) in [5.41, 5.74) is 5.62. The zero-order valence-corrected chi connectivity index (χ0v) is 8.88. The van der Waals surface area contributed by atoms with Crippen molar-refractivity contribution in [3.63, 3.8) is 0 Å². The molecule has 0 spiro atoms. The van der Waals surface area contributed by atoms with Gasteiger partial charge in [-0.05, 0) is 13.9 Å². The fourth-order valence-corrected chi connectivity index (χ4v) is 2.82. The molecular formula is C4H12NO2P3. The molecule has 0 saturated carbocycles. The van der Waals surface area contributed by atoms with Gasteiger partial charge >= 0.3 is 5.97 Å². The topological polar surface area (TPSA) is 52.3 Å². The van der Waals surface area contributed by atoms with Crippen LogP contribution in [0.25, 0.3) is 0 Å². The van der Waals surface area contributed by atoms with Crippen molar-refractivity contribution in [1.82, 2.24) is 0 Å². The van der Waals surface area contributed by atoms with Gasteiger partial charge in [-0.1, -0.05) is 7.96 Å². The van der Waals surface area contributed by atoms with Crippen LogP contribution in [0.15, 0.2) is 0 Å². The van der Waals surface area contributed by atoms with Crippen LogP contribution < -0.4 is 5.50 Å². The Kier molecular flexibility index (Phi) is 6.89. The van der Waals surface area contributed by atoms with Gasteiger partial charge in [-0.25, -0.2) is 0 Å². The maximum absolute atomic E-state index is 10.6. The predicted molar refractivity (Wildman–Crippen MR) is 50.6 cm³/mol. The van der Waals surface area contributed by atoms with Crippen molar-refractivity contribution in [3.05, 3.63) is 0 Å². The van der Waals surface area contributed by atoms with Crippen LogP contribution in [0.4, 0.5) is 0 Å². The zero-order chi connectivity index (χ0) is 7.98. The van der Waals surface area contributed by atoms with E-state index in [1.807, 2.05) is 0 Å². The smallest absolute Gasteiger partial charge is 0.305 e. The van der Waals surface area contributed by atoms with E-state index in [1.54, 1.807) is 0 Å². The molecule has 0 aromatic heterocycles. The molecule has 6 heteroatoms. The largest absolute Gasteiger partial charge is 0.469 e. The van der Waals surface area contributed by atoms with Crippen LogP contribution >= 0.6 is 24.6 Å². The lowest BCUT2D eigenvalue weighted by atomic mass is 10.5. The Bertz CT molecular complexity index is 111. The average Bonchev–Trinajstić information content (AvgIpc) is 1.99. The van der Waals surface area contributed by atoms with E-state index in [4.69, 9.17) is 5.50 Å². The first-order valence-electron chi connectivity index (χ1n) is 2.76. The first-order valence-corrected chi connectivity index (χ1v) is 8.00. The number of rotatable bonds is 4. The van der Waals surface area contributed by atoms with Crippen LogP contribution in [-0.2, 0) is 9.53 Å². The Labute approximate surface area is 66.0 Å². The van der Waals surface area contributed by atoms with Crippen molar-refractivity contribution in [2.45, 2.75) is 6.42 Å². The molecule has 2 N–H and O–H groups in total. The molecule has 0 aliphatic carbocycles. The first kappa shape index (κ1) is 10.7. The molecule has 0 aliphatic heterocycles. The number of hydrogen-bond acceptors (Lipinski definition) is 3. The summed E-state index contributed by atoms with van der Waals surface area (Å²) in [6.45, 7) is 0. The van der Waals surface area contributed by atoms with Gasteiger partial charge in [0.2, 0.25) is 0 Å². The summed E-state index contributed by atoms with van der Waals surface area (Å²) in [7, 11) is 4.25. The Morgan fingerprint density at radius 2 is 2.50 bits per heavy atom. The Hall–Kier alpha value is 0.720. The number of carbonyl (C=O) groups excluding carboxylic acids is 1. The van der Waals surface area contributed by atoms with Gasteiger partial charge in [0.15, 0.2) is 0 Å². The van der Waals surface area contributed by atoms with Crippen molar-refractivity contribution in [3.8, 4) is 0 Å². The van der Waals surface area contributed by atoms with Crippen LogP contribution in [-0.4, -0.2) is 19.2 Å². The average molecular weight is 199 g/mol. The second-order valence-electron chi connectivity index (χ2n) is 1.65.